The Labute approximate surface area is 221 Å². The lowest BCUT2D eigenvalue weighted by Gasteiger charge is -2.28. The average molecular weight is 543 g/mol. The lowest BCUT2D eigenvalue weighted by atomic mass is 10.2. The van der Waals surface area contributed by atoms with Gasteiger partial charge in [-0.15, -0.1) is 0 Å². The molecule has 3 aromatic rings. The van der Waals surface area contributed by atoms with Gasteiger partial charge in [0.15, 0.2) is 11.7 Å². The third-order valence-corrected chi connectivity index (χ3v) is 6.91. The first kappa shape index (κ1) is 28.5. The van der Waals surface area contributed by atoms with Crippen molar-refractivity contribution in [2.45, 2.75) is 5.78 Å². The van der Waals surface area contributed by atoms with Crippen molar-refractivity contribution in [1.29, 1.82) is 5.41 Å². The zero-order chi connectivity index (χ0) is 27.2. The van der Waals surface area contributed by atoms with Gasteiger partial charge in [0.25, 0.3) is 0 Å². The number of anilines is 1. The summed E-state index contributed by atoms with van der Waals surface area (Å²) in [5.74, 6) is -0.938. The van der Waals surface area contributed by atoms with E-state index in [9.17, 15) is 9.36 Å². The third-order valence-electron chi connectivity index (χ3n) is 4.92. The lowest BCUT2D eigenvalue weighted by molar-refractivity contribution is 0.0418. The maximum Gasteiger partial charge on any atom is 0.457 e. The molecule has 0 aromatic heterocycles. The minimum absolute atomic E-state index is 0.0346. The second-order valence-electron chi connectivity index (χ2n) is 7.80. The number of para-hydroxylation sites is 2. The van der Waals surface area contributed by atoms with Crippen LogP contribution in [0.4, 0.5) is 10.5 Å². The van der Waals surface area contributed by atoms with Crippen molar-refractivity contribution in [1.82, 2.24) is 5.32 Å². The average Bonchev–Trinajstić information content (AvgIpc) is 2.90. The molecule has 1 atom stereocenters. The highest BCUT2D eigenvalue weighted by molar-refractivity contribution is 7.55. The first-order chi connectivity index (χ1) is 18.4. The van der Waals surface area contributed by atoms with Gasteiger partial charge in [0.2, 0.25) is 0 Å². The highest BCUT2D eigenvalue weighted by atomic mass is 31.2. The standard InChI is InChI=1S/C26H31N4O7P/c1-33-16-17-34-18-19-35-26(31)30-24(20-12-14-21(15-13-20)29-25(27)28)38(32,36-22-8-4-2-5-9-22)37-23-10-6-3-7-11-23/h2-15,24H,16-19H2,1H3,(H,30,31)(H4,27,28,29). The summed E-state index contributed by atoms with van der Waals surface area (Å²) < 4.78 is 41.8. The topological polar surface area (TPSA) is 154 Å². The van der Waals surface area contributed by atoms with Gasteiger partial charge >= 0.3 is 13.7 Å². The van der Waals surface area contributed by atoms with E-state index in [1.807, 2.05) is 0 Å². The van der Waals surface area contributed by atoms with E-state index in [4.69, 9.17) is 34.4 Å². The minimum Gasteiger partial charge on any atom is -0.447 e. The SMILES string of the molecule is COCCOCCOC(=O)NC(c1ccc(NC(=N)N)cc1)P(=O)(Oc1ccccc1)Oc1ccccc1. The number of methoxy groups -OCH3 is 1. The summed E-state index contributed by atoms with van der Waals surface area (Å²) in [5, 5.41) is 12.7. The molecule has 5 N–H and O–H groups in total. The largest absolute Gasteiger partial charge is 0.457 e. The Morgan fingerprint density at radius 2 is 1.42 bits per heavy atom. The van der Waals surface area contributed by atoms with E-state index in [0.29, 0.717) is 24.5 Å². The number of alkyl carbamates (subject to hydrolysis) is 1. The Balaban J connectivity index is 1.90. The van der Waals surface area contributed by atoms with Crippen LogP contribution in [0, 0.1) is 5.41 Å². The van der Waals surface area contributed by atoms with Crippen LogP contribution in [0.3, 0.4) is 0 Å². The van der Waals surface area contributed by atoms with Gasteiger partial charge in [-0.25, -0.2) is 9.36 Å². The fraction of sp³-hybridized carbons (Fsp3) is 0.231. The molecule has 0 aliphatic heterocycles. The molecule has 3 aromatic carbocycles. The molecule has 0 aliphatic rings. The molecule has 1 unspecified atom stereocenters. The molecule has 0 fully saturated rings. The number of nitrogens with one attached hydrogen (secondary N) is 3. The number of carbonyl (C=O) groups is 1. The molecule has 202 valence electrons. The van der Waals surface area contributed by atoms with Crippen molar-refractivity contribution < 1.29 is 32.6 Å². The van der Waals surface area contributed by atoms with Crippen molar-refractivity contribution in [3.63, 3.8) is 0 Å². The normalized spacial score (nSPS) is 11.7. The number of rotatable bonds is 14. The fourth-order valence-corrected chi connectivity index (χ4v) is 5.10. The molecule has 1 amide bonds. The fourth-order valence-electron chi connectivity index (χ4n) is 3.22. The highest BCUT2D eigenvalue weighted by Gasteiger charge is 2.42. The van der Waals surface area contributed by atoms with Crippen molar-refractivity contribution in [3.8, 4) is 11.5 Å². The van der Waals surface area contributed by atoms with Crippen LogP contribution in [0.25, 0.3) is 0 Å². The lowest BCUT2D eigenvalue weighted by Crippen LogP contribution is -2.32. The smallest absolute Gasteiger partial charge is 0.447 e. The molecule has 38 heavy (non-hydrogen) atoms. The van der Waals surface area contributed by atoms with Gasteiger partial charge in [-0.3, -0.25) is 5.41 Å². The van der Waals surface area contributed by atoms with Gasteiger partial charge in [-0.05, 0) is 42.0 Å². The molecule has 12 heteroatoms. The summed E-state index contributed by atoms with van der Waals surface area (Å²) in [5.41, 5.74) is 6.34. The molecule has 11 nitrogen and oxygen atoms in total. The third kappa shape index (κ3) is 9.11. The zero-order valence-corrected chi connectivity index (χ0v) is 21.8. The number of amides is 1. The van der Waals surface area contributed by atoms with E-state index in [1.54, 1.807) is 92.0 Å². The molecule has 0 radical (unpaired) electrons. The maximum absolute atomic E-state index is 14.5. The summed E-state index contributed by atoms with van der Waals surface area (Å²) in [6.07, 6.45) is -0.843. The van der Waals surface area contributed by atoms with E-state index in [0.717, 1.165) is 0 Å². The van der Waals surface area contributed by atoms with E-state index >= 15 is 0 Å². The Hall–Kier alpha value is -4.05. The van der Waals surface area contributed by atoms with E-state index < -0.39 is 19.5 Å². The van der Waals surface area contributed by atoms with Gasteiger partial charge < -0.3 is 39.6 Å². The number of ether oxygens (including phenoxy) is 3. The highest BCUT2D eigenvalue weighted by Crippen LogP contribution is 2.59. The first-order valence-electron chi connectivity index (χ1n) is 11.7. The number of hydrogen-bond acceptors (Lipinski definition) is 8. The molecule has 0 aliphatic carbocycles. The second kappa shape index (κ2) is 14.6. The molecule has 0 saturated heterocycles. The van der Waals surface area contributed by atoms with Crippen LogP contribution in [0.5, 0.6) is 11.5 Å². The number of hydrogen-bond donors (Lipinski definition) is 4. The van der Waals surface area contributed by atoms with E-state index in [2.05, 4.69) is 10.6 Å². The number of nitrogens with two attached hydrogens (primary N) is 1. The van der Waals surface area contributed by atoms with Gasteiger partial charge in [0, 0.05) is 12.8 Å². The van der Waals surface area contributed by atoms with Crippen LogP contribution in [0.1, 0.15) is 11.3 Å². The van der Waals surface area contributed by atoms with Crippen molar-refractivity contribution in [2.24, 2.45) is 5.73 Å². The van der Waals surface area contributed by atoms with Crippen LogP contribution >= 0.6 is 7.60 Å². The summed E-state index contributed by atoms with van der Waals surface area (Å²) >= 11 is 0. The van der Waals surface area contributed by atoms with Crippen molar-refractivity contribution >= 4 is 25.3 Å². The molecular formula is C26H31N4O7P. The van der Waals surface area contributed by atoms with Gasteiger partial charge in [-0.2, -0.15) is 0 Å². The van der Waals surface area contributed by atoms with Crippen LogP contribution in [0.15, 0.2) is 84.9 Å². The van der Waals surface area contributed by atoms with E-state index in [-0.39, 0.29) is 30.7 Å². The molecular weight excluding hydrogens is 511 g/mol. The predicted octanol–water partition coefficient (Wildman–Crippen LogP) is 4.73. The number of guanidine groups is 1. The molecule has 0 saturated carbocycles. The Kier molecular flexibility index (Phi) is 11.0. The summed E-state index contributed by atoms with van der Waals surface area (Å²) in [6, 6.07) is 23.5. The quantitative estimate of drug-likeness (QED) is 0.0979. The van der Waals surface area contributed by atoms with Gasteiger partial charge in [0.05, 0.1) is 19.8 Å². The number of benzene rings is 3. The summed E-state index contributed by atoms with van der Waals surface area (Å²) in [6.45, 7) is 0.897. The summed E-state index contributed by atoms with van der Waals surface area (Å²) in [4.78, 5) is 12.8. The van der Waals surface area contributed by atoms with Crippen molar-refractivity contribution in [2.75, 3.05) is 38.9 Å². The second-order valence-corrected chi connectivity index (χ2v) is 9.76. The van der Waals surface area contributed by atoms with Gasteiger partial charge in [0.1, 0.15) is 18.1 Å². The molecule has 0 spiro atoms. The maximum atomic E-state index is 14.5. The predicted molar refractivity (Wildman–Crippen MR) is 144 cm³/mol. The molecule has 0 heterocycles. The van der Waals surface area contributed by atoms with Crippen LogP contribution < -0.4 is 25.4 Å². The monoisotopic (exact) mass is 542 g/mol. The Morgan fingerprint density at radius 3 is 1.95 bits per heavy atom. The van der Waals surface area contributed by atoms with Crippen LogP contribution in [0.2, 0.25) is 0 Å². The van der Waals surface area contributed by atoms with Gasteiger partial charge in [-0.1, -0.05) is 48.5 Å². The number of carbonyl (C=O) groups excluding carboxylic acids is 1. The first-order valence-corrected chi connectivity index (χ1v) is 13.3. The molecule has 0 bridgehead atoms. The van der Waals surface area contributed by atoms with Crippen LogP contribution in [-0.4, -0.2) is 45.6 Å². The minimum atomic E-state index is -4.19. The van der Waals surface area contributed by atoms with E-state index in [1.165, 1.54) is 0 Å². The Bertz CT molecular complexity index is 1150. The Morgan fingerprint density at radius 1 is 0.868 bits per heavy atom. The van der Waals surface area contributed by atoms with Crippen LogP contribution in [-0.2, 0) is 18.8 Å². The van der Waals surface area contributed by atoms with Crippen molar-refractivity contribution in [3.05, 3.63) is 90.5 Å². The summed E-state index contributed by atoms with van der Waals surface area (Å²) in [7, 11) is -2.63. The molecule has 3 rings (SSSR count). The zero-order valence-electron chi connectivity index (χ0n) is 20.9.